The molecule has 5 heteroatoms. The molecule has 0 aromatic carbocycles. The van der Waals surface area contributed by atoms with E-state index in [4.69, 9.17) is 4.74 Å². The maximum atomic E-state index is 12.6. The minimum absolute atomic E-state index is 0.0221. The number of aromatic nitrogens is 2. The molecule has 1 aliphatic rings. The van der Waals surface area contributed by atoms with Gasteiger partial charge in [0.2, 0.25) is 0 Å². The number of nitrogens with zero attached hydrogens (tertiary/aromatic N) is 2. The van der Waals surface area contributed by atoms with Crippen LogP contribution in [0, 0.1) is 5.41 Å². The Balaban J connectivity index is 2.08. The number of amides is 1. The van der Waals surface area contributed by atoms with Crippen molar-refractivity contribution in [3.63, 3.8) is 0 Å². The molecular formula is C16H25N3O2. The van der Waals surface area contributed by atoms with Gasteiger partial charge in [-0.05, 0) is 25.2 Å². The fourth-order valence-electron chi connectivity index (χ4n) is 2.75. The molecule has 1 N–H and O–H groups in total. The quantitative estimate of drug-likeness (QED) is 0.669. The SMILES string of the molecule is C=CCCOC(C)C(=O)N1Cc2cn[nH]c2CC(C)(C)C1. The molecule has 0 saturated heterocycles. The Bertz CT molecular complexity index is 507. The molecule has 2 rings (SSSR count). The molecule has 1 aromatic heterocycles. The number of hydrogen-bond acceptors (Lipinski definition) is 3. The van der Waals surface area contributed by atoms with Crippen LogP contribution in [0.15, 0.2) is 18.9 Å². The fourth-order valence-corrected chi connectivity index (χ4v) is 2.75. The van der Waals surface area contributed by atoms with Gasteiger partial charge in [0.05, 0.1) is 12.8 Å². The minimum Gasteiger partial charge on any atom is -0.368 e. The van der Waals surface area contributed by atoms with Crippen molar-refractivity contribution < 1.29 is 9.53 Å². The highest BCUT2D eigenvalue weighted by Gasteiger charge is 2.32. The van der Waals surface area contributed by atoms with Crippen molar-refractivity contribution in [1.82, 2.24) is 15.1 Å². The van der Waals surface area contributed by atoms with E-state index >= 15 is 0 Å². The van der Waals surface area contributed by atoms with Crippen LogP contribution in [0.4, 0.5) is 0 Å². The number of carbonyl (C=O) groups excluding carboxylic acids is 1. The molecule has 0 radical (unpaired) electrons. The monoisotopic (exact) mass is 291 g/mol. The van der Waals surface area contributed by atoms with Gasteiger partial charge >= 0.3 is 0 Å². The third-order valence-corrected chi connectivity index (χ3v) is 3.79. The lowest BCUT2D eigenvalue weighted by molar-refractivity contribution is -0.144. The van der Waals surface area contributed by atoms with Crippen molar-refractivity contribution in [2.75, 3.05) is 13.2 Å². The average Bonchev–Trinajstić information content (AvgIpc) is 2.78. The molecule has 0 fully saturated rings. The first-order chi connectivity index (χ1) is 9.93. The summed E-state index contributed by atoms with van der Waals surface area (Å²) < 4.78 is 5.59. The van der Waals surface area contributed by atoms with E-state index in [0.717, 1.165) is 30.6 Å². The molecule has 1 atom stereocenters. The van der Waals surface area contributed by atoms with Crippen LogP contribution in [0.3, 0.4) is 0 Å². The van der Waals surface area contributed by atoms with Crippen LogP contribution in [0.1, 0.15) is 38.4 Å². The Morgan fingerprint density at radius 1 is 1.67 bits per heavy atom. The molecule has 0 bridgehead atoms. The van der Waals surface area contributed by atoms with E-state index < -0.39 is 6.10 Å². The third-order valence-electron chi connectivity index (χ3n) is 3.79. The van der Waals surface area contributed by atoms with Gasteiger partial charge in [0.1, 0.15) is 6.10 Å². The zero-order valence-corrected chi connectivity index (χ0v) is 13.2. The normalized spacial score (nSPS) is 18.7. The van der Waals surface area contributed by atoms with Crippen LogP contribution in [0.5, 0.6) is 0 Å². The van der Waals surface area contributed by atoms with Gasteiger partial charge in [0.25, 0.3) is 5.91 Å². The largest absolute Gasteiger partial charge is 0.368 e. The topological polar surface area (TPSA) is 58.2 Å². The summed E-state index contributed by atoms with van der Waals surface area (Å²) in [6.45, 7) is 11.7. The molecule has 1 amide bonds. The van der Waals surface area contributed by atoms with E-state index in [1.54, 1.807) is 6.08 Å². The lowest BCUT2D eigenvalue weighted by Gasteiger charge is -2.31. The Morgan fingerprint density at radius 3 is 3.14 bits per heavy atom. The summed E-state index contributed by atoms with van der Waals surface area (Å²) >= 11 is 0. The standard InChI is InChI=1S/C16H25N3O2/c1-5-6-7-21-12(2)15(20)19-10-13-9-17-18-14(13)8-16(3,4)11-19/h5,9,12H,1,6-8,10-11H2,2-4H3,(H,17,18). The lowest BCUT2D eigenvalue weighted by Crippen LogP contribution is -2.42. The van der Waals surface area contributed by atoms with Crippen LogP contribution in [-0.2, 0) is 22.5 Å². The number of ether oxygens (including phenoxy) is 1. The fraction of sp³-hybridized carbons (Fsp3) is 0.625. The number of fused-ring (bicyclic) bond motifs is 1. The summed E-state index contributed by atoms with van der Waals surface area (Å²) in [7, 11) is 0. The second-order valence-corrected chi connectivity index (χ2v) is 6.50. The summed E-state index contributed by atoms with van der Waals surface area (Å²) in [6, 6.07) is 0. The first-order valence-corrected chi connectivity index (χ1v) is 7.45. The van der Waals surface area contributed by atoms with Gasteiger partial charge in [-0.2, -0.15) is 5.10 Å². The van der Waals surface area contributed by atoms with Crippen LogP contribution in [0.25, 0.3) is 0 Å². The molecule has 21 heavy (non-hydrogen) atoms. The number of carbonyl (C=O) groups is 1. The van der Waals surface area contributed by atoms with Gasteiger partial charge in [-0.1, -0.05) is 19.9 Å². The molecule has 0 saturated carbocycles. The Morgan fingerprint density at radius 2 is 2.43 bits per heavy atom. The van der Waals surface area contributed by atoms with Crippen LogP contribution in [0.2, 0.25) is 0 Å². The lowest BCUT2D eigenvalue weighted by atomic mass is 9.87. The molecular weight excluding hydrogens is 266 g/mol. The highest BCUT2D eigenvalue weighted by atomic mass is 16.5. The summed E-state index contributed by atoms with van der Waals surface area (Å²) in [5.41, 5.74) is 2.26. The van der Waals surface area contributed by atoms with Crippen molar-refractivity contribution in [3.8, 4) is 0 Å². The van der Waals surface area contributed by atoms with E-state index in [1.165, 1.54) is 0 Å². The highest BCUT2D eigenvalue weighted by Crippen LogP contribution is 2.29. The maximum absolute atomic E-state index is 12.6. The molecule has 1 aliphatic heterocycles. The van der Waals surface area contributed by atoms with Crippen molar-refractivity contribution in [3.05, 3.63) is 30.1 Å². The van der Waals surface area contributed by atoms with Crippen molar-refractivity contribution in [1.29, 1.82) is 0 Å². The number of aromatic amines is 1. The number of rotatable bonds is 5. The van der Waals surface area contributed by atoms with Gasteiger partial charge < -0.3 is 9.64 Å². The zero-order valence-electron chi connectivity index (χ0n) is 13.2. The van der Waals surface area contributed by atoms with E-state index in [-0.39, 0.29) is 11.3 Å². The maximum Gasteiger partial charge on any atom is 0.251 e. The van der Waals surface area contributed by atoms with Crippen LogP contribution in [-0.4, -0.2) is 40.3 Å². The van der Waals surface area contributed by atoms with E-state index in [0.29, 0.717) is 13.2 Å². The molecule has 1 unspecified atom stereocenters. The predicted molar refractivity (Wildman–Crippen MR) is 81.7 cm³/mol. The van der Waals surface area contributed by atoms with Gasteiger partial charge in [-0.15, -0.1) is 6.58 Å². The van der Waals surface area contributed by atoms with Gasteiger partial charge in [-0.3, -0.25) is 9.89 Å². The predicted octanol–water partition coefficient (Wildman–Crippen LogP) is 2.30. The van der Waals surface area contributed by atoms with E-state index in [2.05, 4.69) is 30.6 Å². The minimum atomic E-state index is -0.422. The summed E-state index contributed by atoms with van der Waals surface area (Å²) in [5, 5.41) is 7.16. The molecule has 5 nitrogen and oxygen atoms in total. The first-order valence-electron chi connectivity index (χ1n) is 7.45. The number of H-pyrrole nitrogens is 1. The number of nitrogens with one attached hydrogen (secondary N) is 1. The second-order valence-electron chi connectivity index (χ2n) is 6.50. The Hall–Kier alpha value is -1.62. The summed E-state index contributed by atoms with van der Waals surface area (Å²) in [5.74, 6) is 0.0428. The molecule has 0 spiro atoms. The van der Waals surface area contributed by atoms with Crippen molar-refractivity contribution in [2.24, 2.45) is 5.41 Å². The zero-order chi connectivity index (χ0) is 15.5. The smallest absolute Gasteiger partial charge is 0.251 e. The van der Waals surface area contributed by atoms with Crippen molar-refractivity contribution >= 4 is 5.91 Å². The van der Waals surface area contributed by atoms with Gasteiger partial charge in [0, 0.05) is 24.3 Å². The molecule has 0 aliphatic carbocycles. The Kier molecular flexibility index (Phi) is 4.83. The third kappa shape index (κ3) is 3.94. The first kappa shape index (κ1) is 15.8. The average molecular weight is 291 g/mol. The van der Waals surface area contributed by atoms with Crippen LogP contribution >= 0.6 is 0 Å². The summed E-state index contributed by atoms with van der Waals surface area (Å²) in [6.07, 6.45) is 4.85. The van der Waals surface area contributed by atoms with Crippen LogP contribution < -0.4 is 0 Å². The molecule has 2 heterocycles. The molecule has 1 aromatic rings. The van der Waals surface area contributed by atoms with E-state index in [1.807, 2.05) is 18.0 Å². The highest BCUT2D eigenvalue weighted by molar-refractivity contribution is 5.80. The van der Waals surface area contributed by atoms with Gasteiger partial charge in [-0.25, -0.2) is 0 Å². The van der Waals surface area contributed by atoms with Gasteiger partial charge in [0.15, 0.2) is 0 Å². The Labute approximate surface area is 126 Å². The van der Waals surface area contributed by atoms with E-state index in [9.17, 15) is 4.79 Å². The summed E-state index contributed by atoms with van der Waals surface area (Å²) in [4.78, 5) is 14.5. The molecule has 116 valence electrons. The number of hydrogen-bond donors (Lipinski definition) is 1. The van der Waals surface area contributed by atoms with Crippen molar-refractivity contribution in [2.45, 2.75) is 46.3 Å². The second kappa shape index (κ2) is 6.43.